The van der Waals surface area contributed by atoms with Gasteiger partial charge in [0.2, 0.25) is 0 Å². The molecule has 2 aliphatic carbocycles. The number of hydrogen-bond acceptors (Lipinski definition) is 3. The number of nitrogens with one attached hydrogen (secondary N) is 2. The molecule has 128 valence electrons. The van der Waals surface area contributed by atoms with Crippen LogP contribution in [0.3, 0.4) is 0 Å². The number of alkyl carbamates (subject to hydrolysis) is 1. The van der Waals surface area contributed by atoms with Crippen LogP contribution in [0, 0.1) is 5.92 Å². The highest BCUT2D eigenvalue weighted by molar-refractivity contribution is 5.68. The number of carbonyl (C=O) groups is 1. The molecule has 0 bridgehead atoms. The van der Waals surface area contributed by atoms with Crippen LogP contribution in [0.15, 0.2) is 0 Å². The zero-order valence-electron chi connectivity index (χ0n) is 14.8. The van der Waals surface area contributed by atoms with Gasteiger partial charge in [-0.05, 0) is 71.6 Å². The minimum atomic E-state index is -0.426. The highest BCUT2D eigenvalue weighted by atomic mass is 16.6. The number of amides is 1. The molecule has 1 amide bonds. The lowest BCUT2D eigenvalue weighted by molar-refractivity contribution is 0.0496. The zero-order chi connectivity index (χ0) is 16.2. The van der Waals surface area contributed by atoms with Gasteiger partial charge in [0.05, 0.1) is 0 Å². The molecule has 0 aromatic heterocycles. The van der Waals surface area contributed by atoms with Gasteiger partial charge in [0.25, 0.3) is 0 Å². The van der Waals surface area contributed by atoms with E-state index >= 15 is 0 Å². The highest BCUT2D eigenvalue weighted by Crippen LogP contribution is 2.28. The lowest BCUT2D eigenvalue weighted by atomic mass is 9.84. The van der Waals surface area contributed by atoms with E-state index in [1.807, 2.05) is 20.8 Å². The van der Waals surface area contributed by atoms with Gasteiger partial charge in [0, 0.05) is 18.1 Å². The Morgan fingerprint density at radius 1 is 1.05 bits per heavy atom. The second-order valence-electron chi connectivity index (χ2n) is 8.08. The summed E-state index contributed by atoms with van der Waals surface area (Å²) in [4.78, 5) is 12.0. The highest BCUT2D eigenvalue weighted by Gasteiger charge is 2.32. The van der Waals surface area contributed by atoms with Crippen molar-refractivity contribution in [2.24, 2.45) is 5.92 Å². The van der Waals surface area contributed by atoms with E-state index in [-0.39, 0.29) is 12.1 Å². The fourth-order valence-electron chi connectivity index (χ4n) is 3.83. The van der Waals surface area contributed by atoms with Crippen molar-refractivity contribution in [2.75, 3.05) is 0 Å². The Bertz CT molecular complexity index is 357. The van der Waals surface area contributed by atoms with Crippen LogP contribution >= 0.6 is 0 Å². The summed E-state index contributed by atoms with van der Waals surface area (Å²) in [5.74, 6) is 0.928. The fourth-order valence-corrected chi connectivity index (χ4v) is 3.83. The monoisotopic (exact) mass is 310 g/mol. The van der Waals surface area contributed by atoms with Crippen molar-refractivity contribution in [1.82, 2.24) is 10.6 Å². The van der Waals surface area contributed by atoms with Gasteiger partial charge in [-0.2, -0.15) is 0 Å². The normalized spacial score (nSPS) is 32.7. The number of carbonyl (C=O) groups excluding carboxylic acids is 1. The van der Waals surface area contributed by atoms with E-state index in [9.17, 15) is 4.79 Å². The molecule has 2 atom stereocenters. The average Bonchev–Trinajstić information content (AvgIpc) is 2.84. The average molecular weight is 310 g/mol. The van der Waals surface area contributed by atoms with E-state index in [2.05, 4.69) is 17.6 Å². The van der Waals surface area contributed by atoms with E-state index in [0.29, 0.717) is 12.1 Å². The molecule has 0 radical (unpaired) electrons. The summed E-state index contributed by atoms with van der Waals surface area (Å²) in [6.45, 7) is 8.02. The molecule has 22 heavy (non-hydrogen) atoms. The molecule has 0 aromatic carbocycles. The van der Waals surface area contributed by atoms with Crippen molar-refractivity contribution in [3.8, 4) is 0 Å². The molecule has 0 heterocycles. The maximum absolute atomic E-state index is 12.0. The molecule has 2 fully saturated rings. The SMILES string of the molecule is CCC1CCC(NC2CCCC2NC(=O)OC(C)(C)C)CC1. The van der Waals surface area contributed by atoms with Crippen LogP contribution in [0.2, 0.25) is 0 Å². The molecule has 2 rings (SSSR count). The van der Waals surface area contributed by atoms with Crippen molar-refractivity contribution >= 4 is 6.09 Å². The van der Waals surface area contributed by atoms with Gasteiger partial charge in [0.15, 0.2) is 0 Å². The summed E-state index contributed by atoms with van der Waals surface area (Å²) >= 11 is 0. The summed E-state index contributed by atoms with van der Waals surface area (Å²) in [6.07, 6.45) is 9.72. The van der Waals surface area contributed by atoms with Gasteiger partial charge >= 0.3 is 6.09 Å². The number of hydrogen-bond donors (Lipinski definition) is 2. The molecule has 2 saturated carbocycles. The fraction of sp³-hybridized carbons (Fsp3) is 0.944. The lowest BCUT2D eigenvalue weighted by Gasteiger charge is -2.33. The number of ether oxygens (including phenoxy) is 1. The molecule has 0 aromatic rings. The third kappa shape index (κ3) is 5.45. The van der Waals surface area contributed by atoms with E-state index in [1.165, 1.54) is 38.5 Å². The third-order valence-electron chi connectivity index (χ3n) is 5.09. The third-order valence-corrected chi connectivity index (χ3v) is 5.09. The van der Waals surface area contributed by atoms with Crippen LogP contribution in [-0.2, 0) is 4.74 Å². The molecule has 4 nitrogen and oxygen atoms in total. The number of rotatable bonds is 4. The topological polar surface area (TPSA) is 50.4 Å². The Morgan fingerprint density at radius 2 is 1.68 bits per heavy atom. The second kappa shape index (κ2) is 7.67. The minimum absolute atomic E-state index is 0.221. The molecule has 0 aliphatic heterocycles. The van der Waals surface area contributed by atoms with Gasteiger partial charge < -0.3 is 15.4 Å². The zero-order valence-corrected chi connectivity index (χ0v) is 14.8. The summed E-state index contributed by atoms with van der Waals surface area (Å²) in [5, 5.41) is 6.88. The first-order valence-electron chi connectivity index (χ1n) is 9.13. The first-order valence-corrected chi connectivity index (χ1v) is 9.13. The Balaban J connectivity index is 1.77. The summed E-state index contributed by atoms with van der Waals surface area (Å²) in [7, 11) is 0. The molecular formula is C18H34N2O2. The predicted molar refractivity (Wildman–Crippen MR) is 90.0 cm³/mol. The van der Waals surface area contributed by atoms with Crippen LogP contribution in [0.25, 0.3) is 0 Å². The molecule has 2 aliphatic rings. The summed E-state index contributed by atoms with van der Waals surface area (Å²) in [5.41, 5.74) is -0.426. The maximum Gasteiger partial charge on any atom is 0.407 e. The molecule has 2 N–H and O–H groups in total. The Kier molecular flexibility index (Phi) is 6.13. The van der Waals surface area contributed by atoms with Gasteiger partial charge in [-0.1, -0.05) is 13.3 Å². The minimum Gasteiger partial charge on any atom is -0.444 e. The smallest absolute Gasteiger partial charge is 0.407 e. The van der Waals surface area contributed by atoms with Crippen molar-refractivity contribution < 1.29 is 9.53 Å². The largest absolute Gasteiger partial charge is 0.444 e. The van der Waals surface area contributed by atoms with Gasteiger partial charge in [-0.15, -0.1) is 0 Å². The van der Waals surface area contributed by atoms with Gasteiger partial charge in [0.1, 0.15) is 5.60 Å². The van der Waals surface area contributed by atoms with E-state index in [0.717, 1.165) is 18.8 Å². The predicted octanol–water partition coefficient (Wildman–Crippen LogP) is 3.99. The van der Waals surface area contributed by atoms with Crippen LogP contribution in [0.1, 0.15) is 79.1 Å². The first kappa shape index (κ1) is 17.6. The van der Waals surface area contributed by atoms with E-state index < -0.39 is 5.60 Å². The quantitative estimate of drug-likeness (QED) is 0.825. The van der Waals surface area contributed by atoms with Gasteiger partial charge in [-0.3, -0.25) is 0 Å². The van der Waals surface area contributed by atoms with Crippen molar-refractivity contribution in [3.63, 3.8) is 0 Å². The Hall–Kier alpha value is -0.770. The lowest BCUT2D eigenvalue weighted by Crippen LogP contribution is -2.51. The van der Waals surface area contributed by atoms with Crippen LogP contribution in [0.5, 0.6) is 0 Å². The molecule has 4 heteroatoms. The standard InChI is InChI=1S/C18H34N2O2/c1-5-13-9-11-14(12-10-13)19-15-7-6-8-16(15)20-17(21)22-18(2,3)4/h13-16,19H,5-12H2,1-4H3,(H,20,21). The van der Waals surface area contributed by atoms with E-state index in [4.69, 9.17) is 4.74 Å². The van der Waals surface area contributed by atoms with E-state index in [1.54, 1.807) is 0 Å². The van der Waals surface area contributed by atoms with Crippen LogP contribution < -0.4 is 10.6 Å². The van der Waals surface area contributed by atoms with Crippen LogP contribution in [0.4, 0.5) is 4.79 Å². The second-order valence-corrected chi connectivity index (χ2v) is 8.08. The van der Waals surface area contributed by atoms with Crippen LogP contribution in [-0.4, -0.2) is 29.8 Å². The molecule has 2 unspecified atom stereocenters. The van der Waals surface area contributed by atoms with Crippen molar-refractivity contribution in [3.05, 3.63) is 0 Å². The Morgan fingerprint density at radius 3 is 2.27 bits per heavy atom. The van der Waals surface area contributed by atoms with Crippen molar-refractivity contribution in [1.29, 1.82) is 0 Å². The Labute approximate surface area is 135 Å². The summed E-state index contributed by atoms with van der Waals surface area (Å²) < 4.78 is 5.39. The summed E-state index contributed by atoms with van der Waals surface area (Å²) in [6, 6.07) is 1.27. The van der Waals surface area contributed by atoms with Gasteiger partial charge in [-0.25, -0.2) is 4.79 Å². The molecular weight excluding hydrogens is 276 g/mol. The maximum atomic E-state index is 12.0. The molecule has 0 spiro atoms. The van der Waals surface area contributed by atoms with Crippen molar-refractivity contribution in [2.45, 2.75) is 103 Å². The first-order chi connectivity index (χ1) is 10.4. The molecule has 0 saturated heterocycles.